The summed E-state index contributed by atoms with van der Waals surface area (Å²) in [6, 6.07) is 0.0785. The number of aliphatic carboxylic acids is 1. The lowest BCUT2D eigenvalue weighted by atomic mass is 9.98. The number of carbonyl (C=O) groups is 1. The normalized spacial score (nSPS) is 26.5. The summed E-state index contributed by atoms with van der Waals surface area (Å²) in [6.45, 7) is 2.15. The molecule has 2 saturated carbocycles. The fraction of sp³-hybridized carbons (Fsp3) is 0.917. The quantitative estimate of drug-likeness (QED) is 0.731. The molecule has 86 valence electrons. The maximum Gasteiger partial charge on any atom is 0.320 e. The smallest absolute Gasteiger partial charge is 0.320 e. The summed E-state index contributed by atoms with van der Waals surface area (Å²) in [7, 11) is 0. The Morgan fingerprint density at radius 3 is 2.27 bits per heavy atom. The molecular formula is C12H21NO2. The molecule has 15 heavy (non-hydrogen) atoms. The molecule has 0 amide bonds. The van der Waals surface area contributed by atoms with Gasteiger partial charge in [-0.15, -0.1) is 0 Å². The zero-order chi connectivity index (χ0) is 10.8. The highest BCUT2D eigenvalue weighted by Gasteiger charge is 2.37. The van der Waals surface area contributed by atoms with Crippen LogP contribution in [-0.4, -0.2) is 23.2 Å². The summed E-state index contributed by atoms with van der Waals surface area (Å²) in [5, 5.41) is 12.4. The van der Waals surface area contributed by atoms with Crippen molar-refractivity contribution in [3.05, 3.63) is 0 Å². The van der Waals surface area contributed by atoms with Crippen LogP contribution < -0.4 is 5.32 Å². The standard InChI is InChI=1S/C12H21NO2/c1-8(9-4-2-3-5-9)13-11(12(14)15)10-6-7-10/h8-11,13H,2-7H2,1H3,(H,14,15). The molecule has 0 aromatic carbocycles. The second kappa shape index (κ2) is 4.52. The van der Waals surface area contributed by atoms with E-state index in [0.717, 1.165) is 12.8 Å². The summed E-state index contributed by atoms with van der Waals surface area (Å²) in [5.74, 6) is 0.430. The summed E-state index contributed by atoms with van der Waals surface area (Å²) >= 11 is 0. The predicted molar refractivity (Wildman–Crippen MR) is 58.7 cm³/mol. The van der Waals surface area contributed by atoms with Crippen molar-refractivity contribution in [1.82, 2.24) is 5.32 Å². The van der Waals surface area contributed by atoms with Gasteiger partial charge < -0.3 is 10.4 Å². The van der Waals surface area contributed by atoms with Crippen molar-refractivity contribution in [2.75, 3.05) is 0 Å². The monoisotopic (exact) mass is 211 g/mol. The third kappa shape index (κ3) is 2.71. The maximum absolute atomic E-state index is 11.1. The average molecular weight is 211 g/mol. The van der Waals surface area contributed by atoms with E-state index in [1.807, 2.05) is 0 Å². The minimum atomic E-state index is -0.664. The van der Waals surface area contributed by atoms with Crippen LogP contribution in [0, 0.1) is 11.8 Å². The lowest BCUT2D eigenvalue weighted by Gasteiger charge is -2.24. The van der Waals surface area contributed by atoms with Gasteiger partial charge in [0.05, 0.1) is 0 Å². The molecule has 0 aromatic heterocycles. The Labute approximate surface area is 91.2 Å². The number of nitrogens with one attached hydrogen (secondary N) is 1. The summed E-state index contributed by atoms with van der Waals surface area (Å²) < 4.78 is 0. The van der Waals surface area contributed by atoms with E-state index >= 15 is 0 Å². The Hall–Kier alpha value is -0.570. The number of carboxylic acid groups (broad SMARTS) is 1. The van der Waals surface area contributed by atoms with Crippen molar-refractivity contribution < 1.29 is 9.90 Å². The number of rotatable bonds is 5. The van der Waals surface area contributed by atoms with Crippen LogP contribution in [0.3, 0.4) is 0 Å². The zero-order valence-corrected chi connectivity index (χ0v) is 9.41. The van der Waals surface area contributed by atoms with Gasteiger partial charge in [-0.25, -0.2) is 0 Å². The molecule has 2 aliphatic carbocycles. The van der Waals surface area contributed by atoms with Crippen molar-refractivity contribution >= 4 is 5.97 Å². The maximum atomic E-state index is 11.1. The van der Waals surface area contributed by atoms with Crippen LogP contribution >= 0.6 is 0 Å². The Bertz CT molecular complexity index is 232. The van der Waals surface area contributed by atoms with Crippen LogP contribution in [0.15, 0.2) is 0 Å². The highest BCUT2D eigenvalue weighted by molar-refractivity contribution is 5.74. The Morgan fingerprint density at radius 2 is 1.80 bits per heavy atom. The molecule has 0 radical (unpaired) electrons. The lowest BCUT2D eigenvalue weighted by molar-refractivity contribution is -0.140. The van der Waals surface area contributed by atoms with Crippen LogP contribution in [-0.2, 0) is 4.79 Å². The molecule has 0 aromatic rings. The average Bonchev–Trinajstić information content (AvgIpc) is 2.87. The molecular weight excluding hydrogens is 190 g/mol. The van der Waals surface area contributed by atoms with Gasteiger partial charge in [0, 0.05) is 6.04 Å². The summed E-state index contributed by atoms with van der Waals surface area (Å²) in [4.78, 5) is 11.1. The largest absolute Gasteiger partial charge is 0.480 e. The third-order valence-electron chi connectivity index (χ3n) is 3.91. The summed E-state index contributed by atoms with van der Waals surface area (Å²) in [6.07, 6.45) is 7.34. The molecule has 2 rings (SSSR count). The van der Waals surface area contributed by atoms with Gasteiger partial charge in [0.25, 0.3) is 0 Å². The topological polar surface area (TPSA) is 49.3 Å². The molecule has 0 aliphatic heterocycles. The van der Waals surface area contributed by atoms with E-state index in [1.54, 1.807) is 0 Å². The number of carboxylic acids is 1. The molecule has 0 bridgehead atoms. The van der Waals surface area contributed by atoms with E-state index < -0.39 is 5.97 Å². The zero-order valence-electron chi connectivity index (χ0n) is 9.41. The van der Waals surface area contributed by atoms with Crippen molar-refractivity contribution in [1.29, 1.82) is 0 Å². The molecule has 0 saturated heterocycles. The highest BCUT2D eigenvalue weighted by Crippen LogP contribution is 2.34. The SMILES string of the molecule is CC(NC(C(=O)O)C1CC1)C1CCCC1. The summed E-state index contributed by atoms with van der Waals surface area (Å²) in [5.41, 5.74) is 0. The van der Waals surface area contributed by atoms with E-state index in [9.17, 15) is 4.79 Å². The van der Waals surface area contributed by atoms with E-state index in [4.69, 9.17) is 5.11 Å². The van der Waals surface area contributed by atoms with Gasteiger partial charge in [-0.1, -0.05) is 12.8 Å². The molecule has 0 spiro atoms. The van der Waals surface area contributed by atoms with Crippen LogP contribution in [0.5, 0.6) is 0 Å². The fourth-order valence-corrected chi connectivity index (χ4v) is 2.72. The second-order valence-electron chi connectivity index (χ2n) is 5.15. The predicted octanol–water partition coefficient (Wildman–Crippen LogP) is 2.02. The molecule has 0 heterocycles. The fourth-order valence-electron chi connectivity index (χ4n) is 2.72. The van der Waals surface area contributed by atoms with Crippen molar-refractivity contribution in [2.24, 2.45) is 11.8 Å². The third-order valence-corrected chi connectivity index (χ3v) is 3.91. The minimum absolute atomic E-state index is 0.291. The van der Waals surface area contributed by atoms with Crippen molar-refractivity contribution in [3.63, 3.8) is 0 Å². The van der Waals surface area contributed by atoms with Crippen LogP contribution in [0.25, 0.3) is 0 Å². The van der Waals surface area contributed by atoms with E-state index in [-0.39, 0.29) is 6.04 Å². The molecule has 3 heteroatoms. The molecule has 2 fully saturated rings. The van der Waals surface area contributed by atoms with Crippen LogP contribution in [0.1, 0.15) is 45.4 Å². The molecule has 3 nitrogen and oxygen atoms in total. The number of hydrogen-bond acceptors (Lipinski definition) is 2. The van der Waals surface area contributed by atoms with Gasteiger partial charge in [-0.2, -0.15) is 0 Å². The van der Waals surface area contributed by atoms with Crippen LogP contribution in [0.2, 0.25) is 0 Å². The van der Waals surface area contributed by atoms with Crippen molar-refractivity contribution in [2.45, 2.75) is 57.5 Å². The minimum Gasteiger partial charge on any atom is -0.480 e. The Kier molecular flexibility index (Phi) is 3.29. The lowest BCUT2D eigenvalue weighted by Crippen LogP contribution is -2.46. The first-order valence-electron chi connectivity index (χ1n) is 6.17. The van der Waals surface area contributed by atoms with E-state index in [1.165, 1.54) is 25.7 Å². The van der Waals surface area contributed by atoms with Gasteiger partial charge >= 0.3 is 5.97 Å². The second-order valence-corrected chi connectivity index (χ2v) is 5.15. The van der Waals surface area contributed by atoms with Gasteiger partial charge in [0.2, 0.25) is 0 Å². The van der Waals surface area contributed by atoms with E-state index in [2.05, 4.69) is 12.2 Å². The highest BCUT2D eigenvalue weighted by atomic mass is 16.4. The Morgan fingerprint density at radius 1 is 1.20 bits per heavy atom. The van der Waals surface area contributed by atoms with Gasteiger partial charge in [0.15, 0.2) is 0 Å². The molecule has 2 N–H and O–H groups in total. The molecule has 2 aliphatic rings. The first kappa shape index (κ1) is 10.9. The Balaban J connectivity index is 1.84. The molecule has 2 unspecified atom stereocenters. The van der Waals surface area contributed by atoms with Crippen LogP contribution in [0.4, 0.5) is 0 Å². The first-order chi connectivity index (χ1) is 7.18. The van der Waals surface area contributed by atoms with Gasteiger partial charge in [0.1, 0.15) is 6.04 Å². The van der Waals surface area contributed by atoms with E-state index in [0.29, 0.717) is 17.9 Å². The van der Waals surface area contributed by atoms with Crippen molar-refractivity contribution in [3.8, 4) is 0 Å². The van der Waals surface area contributed by atoms with Gasteiger partial charge in [-0.05, 0) is 44.4 Å². The first-order valence-corrected chi connectivity index (χ1v) is 6.17. The van der Waals surface area contributed by atoms with Gasteiger partial charge in [-0.3, -0.25) is 4.79 Å². The number of hydrogen-bond donors (Lipinski definition) is 2. The molecule has 2 atom stereocenters.